The summed E-state index contributed by atoms with van der Waals surface area (Å²) in [6, 6.07) is 60.1. The molecule has 10 rings (SSSR count). The van der Waals surface area contributed by atoms with Crippen molar-refractivity contribution >= 4 is 64.7 Å². The second-order valence-corrected chi connectivity index (χ2v) is 13.5. The highest BCUT2D eigenvalue weighted by Crippen LogP contribution is 2.49. The van der Waals surface area contributed by atoms with Gasteiger partial charge >= 0.3 is 0 Å². The normalized spacial score (nSPS) is 14.5. The van der Waals surface area contributed by atoms with Crippen LogP contribution in [-0.2, 0) is 0 Å². The molecule has 0 fully saturated rings. The van der Waals surface area contributed by atoms with Crippen molar-refractivity contribution in [3.05, 3.63) is 175 Å². The van der Waals surface area contributed by atoms with Gasteiger partial charge in [0.25, 0.3) is 0 Å². The van der Waals surface area contributed by atoms with Crippen LogP contribution in [0.3, 0.4) is 0 Å². The summed E-state index contributed by atoms with van der Waals surface area (Å²) in [6.07, 6.45) is 0. The Morgan fingerprint density at radius 1 is 0.468 bits per heavy atom. The van der Waals surface area contributed by atoms with E-state index in [2.05, 4.69) is 173 Å². The molecule has 3 heteroatoms. The number of benzene rings is 7. The number of rotatable bonds is 4. The van der Waals surface area contributed by atoms with Crippen molar-refractivity contribution in [3.8, 4) is 16.8 Å². The summed E-state index contributed by atoms with van der Waals surface area (Å²) in [5.74, 6) is 0.264. The van der Waals surface area contributed by atoms with Crippen LogP contribution in [0.4, 0.5) is 11.4 Å². The van der Waals surface area contributed by atoms with Crippen LogP contribution >= 0.6 is 11.3 Å². The number of anilines is 2. The highest BCUT2D eigenvalue weighted by molar-refractivity contribution is 7.26. The van der Waals surface area contributed by atoms with Crippen LogP contribution in [0.2, 0.25) is 0 Å². The Hall–Kier alpha value is -5.64. The predicted octanol–water partition coefficient (Wildman–Crippen LogP) is 12.1. The predicted molar refractivity (Wildman–Crippen MR) is 201 cm³/mol. The molecule has 1 aliphatic rings. The van der Waals surface area contributed by atoms with Crippen LogP contribution in [0.1, 0.15) is 17.0 Å². The fourth-order valence-corrected chi connectivity index (χ4v) is 9.28. The first kappa shape index (κ1) is 26.6. The molecular weight excluding hydrogens is 589 g/mol. The largest absolute Gasteiger partial charge is 0.340 e. The van der Waals surface area contributed by atoms with Gasteiger partial charge in [0.2, 0.25) is 0 Å². The molecule has 7 aromatic carbocycles. The first-order valence-electron chi connectivity index (χ1n) is 16.3. The third-order valence-electron chi connectivity index (χ3n) is 9.96. The summed E-state index contributed by atoms with van der Waals surface area (Å²) in [6.45, 7) is 0.898. The summed E-state index contributed by atoms with van der Waals surface area (Å²) in [5.41, 5.74) is 11.5. The van der Waals surface area contributed by atoms with Crippen molar-refractivity contribution in [2.45, 2.75) is 5.92 Å². The molecule has 3 heterocycles. The summed E-state index contributed by atoms with van der Waals surface area (Å²) < 4.78 is 5.17. The Kier molecular flexibility index (Phi) is 5.91. The van der Waals surface area contributed by atoms with E-state index in [1.54, 1.807) is 0 Å². The second-order valence-electron chi connectivity index (χ2n) is 12.5. The quantitative estimate of drug-likeness (QED) is 0.190. The van der Waals surface area contributed by atoms with Crippen LogP contribution < -0.4 is 4.90 Å². The molecule has 222 valence electrons. The van der Waals surface area contributed by atoms with E-state index in [1.807, 2.05) is 11.3 Å². The van der Waals surface area contributed by atoms with Crippen LogP contribution in [0.15, 0.2) is 164 Å². The van der Waals surface area contributed by atoms with Gasteiger partial charge < -0.3 is 9.47 Å². The molecule has 1 aliphatic heterocycles. The Morgan fingerprint density at radius 2 is 1.06 bits per heavy atom. The van der Waals surface area contributed by atoms with Crippen LogP contribution in [-0.4, -0.2) is 11.1 Å². The SMILES string of the molecule is c1ccc(-c2cccc3c2sc2c(C4CN(c5cccc(-n6c7ccccc7c7ccccc76)c5)c5ccccc54)cccc23)cc1. The Bertz CT molecular complexity index is 2570. The first-order valence-corrected chi connectivity index (χ1v) is 17.1. The lowest BCUT2D eigenvalue weighted by molar-refractivity contribution is 0.867. The molecule has 47 heavy (non-hydrogen) atoms. The number of thiophene rings is 1. The maximum atomic E-state index is 2.53. The van der Waals surface area contributed by atoms with Crippen molar-refractivity contribution in [1.82, 2.24) is 4.57 Å². The number of hydrogen-bond donors (Lipinski definition) is 0. The minimum Gasteiger partial charge on any atom is -0.340 e. The van der Waals surface area contributed by atoms with E-state index in [0.717, 1.165) is 6.54 Å². The standard InChI is InChI=1S/C44H30N2S/c1-2-13-29(14-3-1)32-20-11-21-36-37-22-12-23-38(44(37)47-43(32)36)39-28-45(40-24-7-4-19-35(39)40)30-15-10-16-31(27-30)46-41-25-8-5-17-33(41)34-18-6-9-26-42(34)46/h1-27,39H,28H2. The molecule has 0 radical (unpaired) electrons. The lowest BCUT2D eigenvalue weighted by atomic mass is 9.92. The molecule has 0 aliphatic carbocycles. The molecular formula is C44H30N2S. The third kappa shape index (κ3) is 4.03. The van der Waals surface area contributed by atoms with Crippen LogP contribution in [0, 0.1) is 0 Å². The van der Waals surface area contributed by atoms with Gasteiger partial charge in [-0.25, -0.2) is 0 Å². The zero-order valence-electron chi connectivity index (χ0n) is 25.7. The van der Waals surface area contributed by atoms with Gasteiger partial charge in [0.1, 0.15) is 0 Å². The molecule has 0 bridgehead atoms. The van der Waals surface area contributed by atoms with E-state index < -0.39 is 0 Å². The monoisotopic (exact) mass is 618 g/mol. The molecule has 9 aromatic rings. The molecule has 0 N–H and O–H groups in total. The Balaban J connectivity index is 1.11. The van der Waals surface area contributed by atoms with E-state index in [0.29, 0.717) is 0 Å². The maximum absolute atomic E-state index is 2.53. The zero-order valence-corrected chi connectivity index (χ0v) is 26.5. The Labute approximate surface area is 277 Å². The summed E-state index contributed by atoms with van der Waals surface area (Å²) >= 11 is 1.95. The topological polar surface area (TPSA) is 8.17 Å². The number of aromatic nitrogens is 1. The van der Waals surface area contributed by atoms with Crippen LogP contribution in [0.25, 0.3) is 58.8 Å². The van der Waals surface area contributed by atoms with Crippen molar-refractivity contribution in [1.29, 1.82) is 0 Å². The highest BCUT2D eigenvalue weighted by atomic mass is 32.1. The van der Waals surface area contributed by atoms with E-state index in [9.17, 15) is 0 Å². The average Bonchev–Trinajstić information content (AvgIpc) is 3.82. The smallest absolute Gasteiger partial charge is 0.0541 e. The summed E-state index contributed by atoms with van der Waals surface area (Å²) in [7, 11) is 0. The minimum absolute atomic E-state index is 0.264. The maximum Gasteiger partial charge on any atom is 0.0541 e. The molecule has 0 amide bonds. The molecule has 0 saturated heterocycles. The number of fused-ring (bicyclic) bond motifs is 7. The van der Waals surface area contributed by atoms with Gasteiger partial charge in [-0.1, -0.05) is 127 Å². The molecule has 1 unspecified atom stereocenters. The van der Waals surface area contributed by atoms with E-state index in [1.165, 1.54) is 81.3 Å². The van der Waals surface area contributed by atoms with Crippen molar-refractivity contribution in [2.24, 2.45) is 0 Å². The van der Waals surface area contributed by atoms with Gasteiger partial charge in [0, 0.05) is 60.5 Å². The zero-order chi connectivity index (χ0) is 30.9. The van der Waals surface area contributed by atoms with Gasteiger partial charge in [0.05, 0.1) is 11.0 Å². The van der Waals surface area contributed by atoms with Gasteiger partial charge in [0.15, 0.2) is 0 Å². The second kappa shape index (κ2) is 10.4. The molecule has 0 spiro atoms. The van der Waals surface area contributed by atoms with E-state index in [4.69, 9.17) is 0 Å². The fourth-order valence-electron chi connectivity index (χ4n) is 7.88. The number of nitrogens with zero attached hydrogens (tertiary/aromatic N) is 2. The number of para-hydroxylation sites is 3. The van der Waals surface area contributed by atoms with Crippen LogP contribution in [0.5, 0.6) is 0 Å². The molecule has 0 saturated carbocycles. The van der Waals surface area contributed by atoms with Crippen molar-refractivity contribution < 1.29 is 0 Å². The number of hydrogen-bond acceptors (Lipinski definition) is 2. The van der Waals surface area contributed by atoms with Crippen molar-refractivity contribution in [2.75, 3.05) is 11.4 Å². The fraction of sp³-hybridized carbons (Fsp3) is 0.0455. The van der Waals surface area contributed by atoms with E-state index in [-0.39, 0.29) is 5.92 Å². The van der Waals surface area contributed by atoms with Gasteiger partial charge in [-0.3, -0.25) is 0 Å². The van der Waals surface area contributed by atoms with Gasteiger partial charge in [-0.15, -0.1) is 11.3 Å². The van der Waals surface area contributed by atoms with E-state index >= 15 is 0 Å². The molecule has 1 atom stereocenters. The van der Waals surface area contributed by atoms with Gasteiger partial charge in [-0.2, -0.15) is 0 Å². The Morgan fingerprint density at radius 3 is 1.87 bits per heavy atom. The summed E-state index contributed by atoms with van der Waals surface area (Å²) in [4.78, 5) is 2.53. The molecule has 2 nitrogen and oxygen atoms in total. The molecule has 2 aromatic heterocycles. The average molecular weight is 619 g/mol. The third-order valence-corrected chi connectivity index (χ3v) is 11.3. The van der Waals surface area contributed by atoms with Gasteiger partial charge in [-0.05, 0) is 58.7 Å². The minimum atomic E-state index is 0.264. The lowest BCUT2D eigenvalue weighted by Crippen LogP contribution is -2.16. The summed E-state index contributed by atoms with van der Waals surface area (Å²) in [5, 5.41) is 5.26. The van der Waals surface area contributed by atoms with Crippen molar-refractivity contribution in [3.63, 3.8) is 0 Å². The first-order chi connectivity index (χ1) is 23.3. The highest BCUT2D eigenvalue weighted by Gasteiger charge is 2.32. The lowest BCUT2D eigenvalue weighted by Gasteiger charge is -2.22.